The fourth-order valence-corrected chi connectivity index (χ4v) is 4.02. The van der Waals surface area contributed by atoms with Gasteiger partial charge in [0.15, 0.2) is 0 Å². The molecule has 0 rings (SSSR count). The SMILES string of the molecule is CCCCCCCCCC[N+](C)(CCCCCCCCCC)CCOCC.[Cl-]. The highest BCUT2D eigenvalue weighted by atomic mass is 35.5. The number of ether oxygens (including phenoxy) is 1. The molecule has 0 bridgehead atoms. The van der Waals surface area contributed by atoms with Crippen LogP contribution in [0.25, 0.3) is 0 Å². The Morgan fingerprint density at radius 2 is 0.857 bits per heavy atom. The lowest BCUT2D eigenvalue weighted by Gasteiger charge is -2.35. The van der Waals surface area contributed by atoms with Crippen LogP contribution >= 0.6 is 0 Å². The molecule has 28 heavy (non-hydrogen) atoms. The minimum absolute atomic E-state index is 0. The lowest BCUT2D eigenvalue weighted by Crippen LogP contribution is -3.00. The second-order valence-corrected chi connectivity index (χ2v) is 8.94. The summed E-state index contributed by atoms with van der Waals surface area (Å²) in [5, 5.41) is 0. The third kappa shape index (κ3) is 20.9. The van der Waals surface area contributed by atoms with E-state index >= 15 is 0 Å². The summed E-state index contributed by atoms with van der Waals surface area (Å²) in [6.07, 6.45) is 22.7. The first-order chi connectivity index (χ1) is 13.2. The van der Waals surface area contributed by atoms with Crippen LogP contribution in [0.15, 0.2) is 0 Å². The number of likely N-dealkylation sites (N-methyl/N-ethyl adjacent to an activating group) is 1. The molecule has 0 radical (unpaired) electrons. The van der Waals surface area contributed by atoms with Crippen molar-refractivity contribution in [3.05, 3.63) is 0 Å². The molecule has 0 aliphatic carbocycles. The Hall–Kier alpha value is 0.210. The molecule has 0 aromatic rings. The van der Waals surface area contributed by atoms with Crippen molar-refractivity contribution in [2.45, 2.75) is 124 Å². The standard InChI is InChI=1S/C25H54NO.ClH/c1-5-8-10-12-14-16-18-20-22-26(4,24-25-27-7-3)23-21-19-17-15-13-11-9-6-2;/h5-25H2,1-4H3;1H/q+1;/p-1. The van der Waals surface area contributed by atoms with Gasteiger partial charge in [-0.2, -0.15) is 0 Å². The number of halogens is 1. The zero-order chi connectivity index (χ0) is 20.1. The first-order valence-electron chi connectivity index (χ1n) is 12.6. The van der Waals surface area contributed by atoms with Crippen LogP contribution in [0.2, 0.25) is 0 Å². The van der Waals surface area contributed by atoms with Crippen LogP contribution in [-0.4, -0.2) is 44.4 Å². The Morgan fingerprint density at radius 1 is 0.500 bits per heavy atom. The molecule has 0 aromatic carbocycles. The quantitative estimate of drug-likeness (QED) is 0.181. The fraction of sp³-hybridized carbons (Fsp3) is 1.00. The first-order valence-corrected chi connectivity index (χ1v) is 12.6. The molecule has 0 aliphatic rings. The summed E-state index contributed by atoms with van der Waals surface area (Å²) >= 11 is 0. The fourth-order valence-electron chi connectivity index (χ4n) is 4.02. The van der Waals surface area contributed by atoms with Gasteiger partial charge in [-0.05, 0) is 32.6 Å². The molecule has 0 aliphatic heterocycles. The van der Waals surface area contributed by atoms with Crippen LogP contribution in [0.3, 0.4) is 0 Å². The molecule has 0 amide bonds. The molecule has 2 nitrogen and oxygen atoms in total. The van der Waals surface area contributed by atoms with Crippen molar-refractivity contribution in [2.75, 3.05) is 39.9 Å². The summed E-state index contributed by atoms with van der Waals surface area (Å²) < 4.78 is 6.91. The summed E-state index contributed by atoms with van der Waals surface area (Å²) in [5.41, 5.74) is 0. The molecule has 0 atom stereocenters. The molecule has 0 fully saturated rings. The highest BCUT2D eigenvalue weighted by molar-refractivity contribution is 4.50. The Kier molecular flexibility index (Phi) is 25.5. The molecule has 0 unspecified atom stereocenters. The highest BCUT2D eigenvalue weighted by Gasteiger charge is 2.20. The van der Waals surface area contributed by atoms with Gasteiger partial charge in [-0.1, -0.05) is 90.9 Å². The van der Waals surface area contributed by atoms with E-state index in [1.807, 2.05) is 0 Å². The molecule has 0 spiro atoms. The average molecular weight is 420 g/mol. The van der Waals surface area contributed by atoms with Gasteiger partial charge < -0.3 is 21.6 Å². The predicted molar refractivity (Wildman–Crippen MR) is 122 cm³/mol. The Morgan fingerprint density at radius 3 is 1.21 bits per heavy atom. The van der Waals surface area contributed by atoms with Crippen molar-refractivity contribution in [3.8, 4) is 0 Å². The zero-order valence-electron chi connectivity index (χ0n) is 20.1. The van der Waals surface area contributed by atoms with E-state index in [0.29, 0.717) is 0 Å². The lowest BCUT2D eigenvalue weighted by molar-refractivity contribution is -0.910. The summed E-state index contributed by atoms with van der Waals surface area (Å²) in [4.78, 5) is 0. The molecule has 3 heteroatoms. The average Bonchev–Trinajstić information content (AvgIpc) is 2.66. The van der Waals surface area contributed by atoms with Gasteiger partial charge in [0, 0.05) is 6.61 Å². The molecule has 172 valence electrons. The minimum Gasteiger partial charge on any atom is -1.00 e. The van der Waals surface area contributed by atoms with Crippen LogP contribution in [0.4, 0.5) is 0 Å². The van der Waals surface area contributed by atoms with Gasteiger partial charge >= 0.3 is 0 Å². The maximum absolute atomic E-state index is 5.68. The zero-order valence-corrected chi connectivity index (χ0v) is 20.8. The molecule has 0 saturated carbocycles. The summed E-state index contributed by atoms with van der Waals surface area (Å²) in [7, 11) is 2.47. The van der Waals surface area contributed by atoms with E-state index < -0.39 is 0 Å². The number of hydrogen-bond acceptors (Lipinski definition) is 1. The molecule has 0 saturated heterocycles. The maximum atomic E-state index is 5.68. The third-order valence-corrected chi connectivity index (χ3v) is 6.08. The van der Waals surface area contributed by atoms with E-state index in [2.05, 4.69) is 27.8 Å². The molecular formula is C25H54ClNO. The Balaban J connectivity index is 0. The van der Waals surface area contributed by atoms with Gasteiger partial charge in [0.1, 0.15) is 6.54 Å². The Bertz CT molecular complexity index is 266. The van der Waals surface area contributed by atoms with Crippen molar-refractivity contribution in [1.82, 2.24) is 0 Å². The molecular weight excluding hydrogens is 366 g/mol. The van der Waals surface area contributed by atoms with Gasteiger partial charge in [0.05, 0.1) is 26.7 Å². The largest absolute Gasteiger partial charge is 1.00 e. The van der Waals surface area contributed by atoms with E-state index in [0.717, 1.165) is 13.2 Å². The number of nitrogens with zero attached hydrogens (tertiary/aromatic N) is 1. The monoisotopic (exact) mass is 419 g/mol. The summed E-state index contributed by atoms with van der Waals surface area (Å²) in [5.74, 6) is 0. The van der Waals surface area contributed by atoms with Crippen LogP contribution < -0.4 is 12.4 Å². The second kappa shape index (κ2) is 23.5. The van der Waals surface area contributed by atoms with Crippen LogP contribution in [0.1, 0.15) is 124 Å². The second-order valence-electron chi connectivity index (χ2n) is 8.94. The van der Waals surface area contributed by atoms with E-state index in [1.54, 1.807) is 0 Å². The minimum atomic E-state index is 0. The summed E-state index contributed by atoms with van der Waals surface area (Å²) in [6.45, 7) is 12.4. The van der Waals surface area contributed by atoms with Crippen LogP contribution in [0, 0.1) is 0 Å². The topological polar surface area (TPSA) is 9.23 Å². The van der Waals surface area contributed by atoms with Crippen molar-refractivity contribution in [3.63, 3.8) is 0 Å². The number of hydrogen-bond donors (Lipinski definition) is 0. The smallest absolute Gasteiger partial charge is 0.102 e. The van der Waals surface area contributed by atoms with E-state index in [-0.39, 0.29) is 12.4 Å². The first kappa shape index (κ1) is 30.4. The van der Waals surface area contributed by atoms with Gasteiger partial charge in [0.25, 0.3) is 0 Å². The van der Waals surface area contributed by atoms with E-state index in [1.165, 1.54) is 127 Å². The van der Waals surface area contributed by atoms with Gasteiger partial charge in [-0.3, -0.25) is 0 Å². The number of rotatable bonds is 22. The summed E-state index contributed by atoms with van der Waals surface area (Å²) in [6, 6.07) is 0. The van der Waals surface area contributed by atoms with Gasteiger partial charge in [-0.25, -0.2) is 0 Å². The van der Waals surface area contributed by atoms with Gasteiger partial charge in [-0.15, -0.1) is 0 Å². The van der Waals surface area contributed by atoms with Gasteiger partial charge in [0.2, 0.25) is 0 Å². The molecule has 0 aromatic heterocycles. The maximum Gasteiger partial charge on any atom is 0.102 e. The molecule has 0 heterocycles. The van der Waals surface area contributed by atoms with E-state index in [4.69, 9.17) is 4.74 Å². The van der Waals surface area contributed by atoms with Crippen molar-refractivity contribution in [2.24, 2.45) is 0 Å². The predicted octanol–water partition coefficient (Wildman–Crippen LogP) is 4.75. The number of quaternary nitrogens is 1. The third-order valence-electron chi connectivity index (χ3n) is 6.08. The van der Waals surface area contributed by atoms with Crippen molar-refractivity contribution in [1.29, 1.82) is 0 Å². The molecule has 0 N–H and O–H groups in total. The van der Waals surface area contributed by atoms with Crippen molar-refractivity contribution >= 4 is 0 Å². The van der Waals surface area contributed by atoms with Crippen molar-refractivity contribution < 1.29 is 21.6 Å². The number of unbranched alkanes of at least 4 members (excludes halogenated alkanes) is 14. The Labute approximate surface area is 185 Å². The normalized spacial score (nSPS) is 11.6. The van der Waals surface area contributed by atoms with Crippen LogP contribution in [0.5, 0.6) is 0 Å². The van der Waals surface area contributed by atoms with Crippen LogP contribution in [-0.2, 0) is 4.74 Å². The lowest BCUT2D eigenvalue weighted by atomic mass is 10.1. The van der Waals surface area contributed by atoms with E-state index in [9.17, 15) is 0 Å². The highest BCUT2D eigenvalue weighted by Crippen LogP contribution is 2.14.